The van der Waals surface area contributed by atoms with Crippen molar-refractivity contribution in [3.63, 3.8) is 0 Å². The van der Waals surface area contributed by atoms with Gasteiger partial charge in [0.15, 0.2) is 10.8 Å². The van der Waals surface area contributed by atoms with Crippen LogP contribution in [-0.2, 0) is 0 Å². The number of thiophene rings is 1. The quantitative estimate of drug-likeness (QED) is 0.661. The van der Waals surface area contributed by atoms with E-state index in [1.54, 1.807) is 24.3 Å². The van der Waals surface area contributed by atoms with Crippen LogP contribution < -0.4 is 0 Å². The molecule has 0 spiro atoms. The molecule has 0 saturated heterocycles. The number of phenols is 1. The number of phenolic OH excluding ortho intramolecular Hbond substituents is 1. The molecule has 0 bridgehead atoms. The second-order valence-electron chi connectivity index (χ2n) is 3.97. The molecule has 0 aliphatic carbocycles. The van der Waals surface area contributed by atoms with Crippen molar-refractivity contribution < 1.29 is 10.2 Å². The Morgan fingerprint density at radius 1 is 0.842 bits per heavy atom. The standard InChI is InChI=1S/C14H10N2O2S/c17-10-7-5-9(6-8-10)15-16-14-13(18)11-3-1-2-4-12(11)19-14/h1-8,17-18H. The first-order valence-corrected chi connectivity index (χ1v) is 6.47. The highest BCUT2D eigenvalue weighted by Gasteiger charge is 2.09. The van der Waals surface area contributed by atoms with E-state index in [1.165, 1.54) is 11.3 Å². The van der Waals surface area contributed by atoms with E-state index in [-0.39, 0.29) is 11.5 Å². The van der Waals surface area contributed by atoms with Crippen LogP contribution in [0.2, 0.25) is 0 Å². The molecule has 5 heteroatoms. The largest absolute Gasteiger partial charge is 0.508 e. The minimum absolute atomic E-state index is 0.156. The molecule has 94 valence electrons. The van der Waals surface area contributed by atoms with Crippen LogP contribution >= 0.6 is 11.3 Å². The summed E-state index contributed by atoms with van der Waals surface area (Å²) in [4.78, 5) is 0. The number of hydrogen-bond donors (Lipinski definition) is 2. The van der Waals surface area contributed by atoms with Crippen LogP contribution in [0.5, 0.6) is 11.5 Å². The maximum absolute atomic E-state index is 10.0. The van der Waals surface area contributed by atoms with Crippen molar-refractivity contribution in [3.8, 4) is 11.5 Å². The summed E-state index contributed by atoms with van der Waals surface area (Å²) in [6.45, 7) is 0. The Balaban J connectivity index is 1.97. The van der Waals surface area contributed by atoms with Gasteiger partial charge in [-0.2, -0.15) is 0 Å². The molecule has 0 saturated carbocycles. The van der Waals surface area contributed by atoms with Gasteiger partial charge >= 0.3 is 0 Å². The topological polar surface area (TPSA) is 65.2 Å². The summed E-state index contributed by atoms with van der Waals surface area (Å²) in [7, 11) is 0. The van der Waals surface area contributed by atoms with Crippen molar-refractivity contribution >= 4 is 32.1 Å². The van der Waals surface area contributed by atoms with Gasteiger partial charge < -0.3 is 10.2 Å². The van der Waals surface area contributed by atoms with Crippen molar-refractivity contribution in [2.75, 3.05) is 0 Å². The van der Waals surface area contributed by atoms with Crippen LogP contribution in [0.15, 0.2) is 58.8 Å². The minimum atomic E-state index is 0.156. The van der Waals surface area contributed by atoms with Gasteiger partial charge in [0.25, 0.3) is 0 Å². The lowest BCUT2D eigenvalue weighted by atomic mass is 10.2. The lowest BCUT2D eigenvalue weighted by Gasteiger charge is -1.92. The van der Waals surface area contributed by atoms with Crippen molar-refractivity contribution in [2.24, 2.45) is 10.2 Å². The zero-order valence-electron chi connectivity index (χ0n) is 9.82. The average Bonchev–Trinajstić information content (AvgIpc) is 2.76. The molecule has 3 rings (SSSR count). The van der Waals surface area contributed by atoms with Gasteiger partial charge in [-0.15, -0.1) is 21.6 Å². The van der Waals surface area contributed by atoms with E-state index in [0.29, 0.717) is 10.7 Å². The predicted molar refractivity (Wildman–Crippen MR) is 75.8 cm³/mol. The number of aromatic hydroxyl groups is 2. The summed E-state index contributed by atoms with van der Waals surface area (Å²) in [5, 5.41) is 28.6. The summed E-state index contributed by atoms with van der Waals surface area (Å²) in [5.74, 6) is 0.340. The van der Waals surface area contributed by atoms with E-state index >= 15 is 0 Å². The summed E-state index contributed by atoms with van der Waals surface area (Å²) in [5.41, 5.74) is 0.620. The molecule has 0 atom stereocenters. The maximum Gasteiger partial charge on any atom is 0.181 e. The molecule has 4 nitrogen and oxygen atoms in total. The summed E-state index contributed by atoms with van der Waals surface area (Å²) >= 11 is 1.39. The highest BCUT2D eigenvalue weighted by molar-refractivity contribution is 7.23. The van der Waals surface area contributed by atoms with Crippen LogP contribution in [0.3, 0.4) is 0 Å². The van der Waals surface area contributed by atoms with E-state index in [9.17, 15) is 10.2 Å². The molecule has 1 heterocycles. The highest BCUT2D eigenvalue weighted by Crippen LogP contribution is 2.43. The molecule has 1 aromatic heterocycles. The Hall–Kier alpha value is -2.40. The Labute approximate surface area is 113 Å². The molecule has 19 heavy (non-hydrogen) atoms. The van der Waals surface area contributed by atoms with Gasteiger partial charge in [0.05, 0.1) is 5.69 Å². The Kier molecular flexibility index (Phi) is 2.89. The van der Waals surface area contributed by atoms with Crippen molar-refractivity contribution in [1.82, 2.24) is 0 Å². The first-order chi connectivity index (χ1) is 9.24. The molecule has 0 aliphatic heterocycles. The van der Waals surface area contributed by atoms with E-state index in [4.69, 9.17) is 0 Å². The van der Waals surface area contributed by atoms with Crippen LogP contribution in [0, 0.1) is 0 Å². The number of rotatable bonds is 2. The molecule has 2 aromatic carbocycles. The average molecular weight is 270 g/mol. The monoisotopic (exact) mass is 270 g/mol. The fraction of sp³-hybridized carbons (Fsp3) is 0. The molecule has 2 N–H and O–H groups in total. The fourth-order valence-electron chi connectivity index (χ4n) is 1.71. The van der Waals surface area contributed by atoms with Crippen molar-refractivity contribution in [2.45, 2.75) is 0 Å². The van der Waals surface area contributed by atoms with Gasteiger partial charge in [0.1, 0.15) is 5.75 Å². The van der Waals surface area contributed by atoms with E-state index < -0.39 is 0 Å². The number of fused-ring (bicyclic) bond motifs is 1. The molecule has 0 fully saturated rings. The molecule has 0 amide bonds. The number of nitrogens with zero attached hydrogens (tertiary/aromatic N) is 2. The molecular weight excluding hydrogens is 260 g/mol. The summed E-state index contributed by atoms with van der Waals surface area (Å²) in [6.07, 6.45) is 0. The van der Waals surface area contributed by atoms with E-state index in [0.717, 1.165) is 10.1 Å². The second-order valence-corrected chi connectivity index (χ2v) is 5.00. The van der Waals surface area contributed by atoms with Gasteiger partial charge in [0.2, 0.25) is 0 Å². The Morgan fingerprint density at radius 2 is 1.58 bits per heavy atom. The van der Waals surface area contributed by atoms with Crippen molar-refractivity contribution in [1.29, 1.82) is 0 Å². The van der Waals surface area contributed by atoms with Crippen LogP contribution in [-0.4, -0.2) is 10.2 Å². The molecule has 0 radical (unpaired) electrons. The van der Waals surface area contributed by atoms with E-state index in [2.05, 4.69) is 10.2 Å². The third kappa shape index (κ3) is 2.28. The summed E-state index contributed by atoms with van der Waals surface area (Å²) in [6, 6.07) is 14.0. The predicted octanol–water partition coefficient (Wildman–Crippen LogP) is 4.73. The van der Waals surface area contributed by atoms with Gasteiger partial charge in [0, 0.05) is 10.1 Å². The zero-order valence-corrected chi connectivity index (χ0v) is 10.6. The SMILES string of the molecule is Oc1ccc(N=Nc2sc3ccccc3c2O)cc1. The molecular formula is C14H10N2O2S. The first-order valence-electron chi connectivity index (χ1n) is 5.65. The Bertz CT molecular complexity index is 748. The smallest absolute Gasteiger partial charge is 0.181 e. The first kappa shape index (κ1) is 11.7. The van der Waals surface area contributed by atoms with Crippen LogP contribution in [0.1, 0.15) is 0 Å². The van der Waals surface area contributed by atoms with Crippen LogP contribution in [0.4, 0.5) is 10.7 Å². The zero-order chi connectivity index (χ0) is 13.2. The van der Waals surface area contributed by atoms with Gasteiger partial charge in [-0.25, -0.2) is 0 Å². The van der Waals surface area contributed by atoms with Gasteiger partial charge in [-0.3, -0.25) is 0 Å². The molecule has 0 aliphatic rings. The second kappa shape index (κ2) is 4.70. The molecule has 0 unspecified atom stereocenters. The summed E-state index contributed by atoms with van der Waals surface area (Å²) < 4.78 is 0.972. The number of hydrogen-bond acceptors (Lipinski definition) is 5. The maximum atomic E-state index is 10.0. The third-order valence-electron chi connectivity index (χ3n) is 2.66. The third-order valence-corrected chi connectivity index (χ3v) is 3.70. The number of azo groups is 1. The fourth-order valence-corrected chi connectivity index (χ4v) is 2.63. The van der Waals surface area contributed by atoms with Crippen molar-refractivity contribution in [3.05, 3.63) is 48.5 Å². The van der Waals surface area contributed by atoms with Crippen LogP contribution in [0.25, 0.3) is 10.1 Å². The van der Waals surface area contributed by atoms with E-state index in [1.807, 2.05) is 24.3 Å². The lowest BCUT2D eigenvalue weighted by molar-refractivity contribution is 0.475. The normalized spacial score (nSPS) is 11.4. The lowest BCUT2D eigenvalue weighted by Crippen LogP contribution is -1.64. The van der Waals surface area contributed by atoms with Gasteiger partial charge in [-0.1, -0.05) is 12.1 Å². The Morgan fingerprint density at radius 3 is 2.32 bits per heavy atom. The highest BCUT2D eigenvalue weighted by atomic mass is 32.1. The minimum Gasteiger partial charge on any atom is -0.508 e. The molecule has 3 aromatic rings. The van der Waals surface area contributed by atoms with Gasteiger partial charge in [-0.05, 0) is 36.4 Å². The number of benzene rings is 2.